The number of alkyl halides is 3. The summed E-state index contributed by atoms with van der Waals surface area (Å²) < 4.78 is 43.9. The smallest absolute Gasteiger partial charge is 0.398 e. The van der Waals surface area contributed by atoms with Gasteiger partial charge in [0.15, 0.2) is 0 Å². The summed E-state index contributed by atoms with van der Waals surface area (Å²) in [5.41, 5.74) is -1.59. The van der Waals surface area contributed by atoms with Crippen molar-refractivity contribution in [2.24, 2.45) is 5.41 Å². The van der Waals surface area contributed by atoms with Crippen LogP contribution in [-0.4, -0.2) is 17.3 Å². The van der Waals surface area contributed by atoms with Gasteiger partial charge in [0.2, 0.25) is 0 Å². The molecule has 1 N–H and O–H groups in total. The minimum absolute atomic E-state index is 0.00569. The number of hydrogen-bond donors (Lipinski definition) is 1. The van der Waals surface area contributed by atoms with Crippen molar-refractivity contribution < 1.29 is 27.5 Å². The van der Waals surface area contributed by atoms with Gasteiger partial charge in [0.05, 0.1) is 24.4 Å². The molecule has 1 saturated carbocycles. The lowest BCUT2D eigenvalue weighted by atomic mass is 9.89. The van der Waals surface area contributed by atoms with Crippen molar-refractivity contribution in [3.05, 3.63) is 30.2 Å². The van der Waals surface area contributed by atoms with Crippen molar-refractivity contribution in [3.63, 3.8) is 0 Å². The average Bonchev–Trinajstić information content (AvgIpc) is 2.88. The quantitative estimate of drug-likeness (QED) is 0.901. The molecule has 0 spiro atoms. The van der Waals surface area contributed by atoms with Crippen molar-refractivity contribution in [1.29, 1.82) is 0 Å². The third-order valence-corrected chi connectivity index (χ3v) is 3.12. The molecule has 6 heteroatoms. The molecule has 1 aromatic heterocycles. The van der Waals surface area contributed by atoms with Crippen LogP contribution >= 0.6 is 0 Å². The van der Waals surface area contributed by atoms with E-state index in [1.165, 1.54) is 18.6 Å². The predicted molar refractivity (Wildman–Crippen MR) is 56.7 cm³/mol. The number of carboxylic acids is 1. The lowest BCUT2D eigenvalue weighted by Crippen LogP contribution is -2.26. The second kappa shape index (κ2) is 4.19. The third kappa shape index (κ3) is 2.14. The number of halogens is 3. The van der Waals surface area contributed by atoms with E-state index in [-0.39, 0.29) is 18.4 Å². The Morgan fingerprint density at radius 2 is 2.17 bits per heavy atom. The Hall–Kier alpha value is -1.72. The van der Waals surface area contributed by atoms with Gasteiger partial charge >= 0.3 is 12.1 Å². The van der Waals surface area contributed by atoms with Gasteiger partial charge in [0.25, 0.3) is 0 Å². The van der Waals surface area contributed by atoms with Crippen LogP contribution in [0.3, 0.4) is 0 Å². The fourth-order valence-electron chi connectivity index (χ4n) is 2.03. The first-order valence-corrected chi connectivity index (χ1v) is 5.38. The normalized spacial score (nSPS) is 18.7. The minimum Gasteiger partial charge on any atom is -0.481 e. The molecule has 1 fully saturated rings. The fraction of sp³-hybridized carbons (Fsp3) is 0.417. The highest BCUT2D eigenvalue weighted by atomic mass is 19.4. The lowest BCUT2D eigenvalue weighted by molar-refractivity contribution is -0.168. The molecule has 0 saturated heterocycles. The Labute approximate surface area is 101 Å². The van der Waals surface area contributed by atoms with E-state index in [4.69, 9.17) is 9.52 Å². The van der Waals surface area contributed by atoms with Crippen molar-refractivity contribution in [3.8, 4) is 0 Å². The minimum atomic E-state index is -4.37. The maximum absolute atomic E-state index is 13.0. The van der Waals surface area contributed by atoms with E-state index in [1.807, 2.05) is 0 Å². The average molecular weight is 260 g/mol. The Morgan fingerprint density at radius 1 is 1.50 bits per heavy atom. The molecule has 18 heavy (non-hydrogen) atoms. The molecule has 0 bridgehead atoms. The summed E-state index contributed by atoms with van der Waals surface area (Å²) in [7, 11) is 0. The molecule has 2 rings (SSSR count). The van der Waals surface area contributed by atoms with Crippen LogP contribution in [0.2, 0.25) is 0 Å². The molecule has 0 atom stereocenters. The van der Waals surface area contributed by atoms with Gasteiger partial charge < -0.3 is 9.52 Å². The molecule has 3 nitrogen and oxygen atoms in total. The maximum atomic E-state index is 13.0. The van der Waals surface area contributed by atoms with Gasteiger partial charge in [-0.25, -0.2) is 0 Å². The van der Waals surface area contributed by atoms with Crippen LogP contribution in [-0.2, 0) is 4.79 Å². The molecule has 1 heterocycles. The Kier molecular flexibility index (Phi) is 2.96. The highest BCUT2D eigenvalue weighted by Crippen LogP contribution is 2.65. The standard InChI is InChI=1S/C12H11F3O3/c13-12(14,15)11(4-5-11)9(1-2-10(16)17)8-3-6-18-7-8/h1,3,6-7H,2,4-5H2,(H,16,17)/b9-1-. The molecule has 0 amide bonds. The molecular formula is C12H11F3O3. The molecule has 0 unspecified atom stereocenters. The number of rotatable bonds is 4. The molecule has 1 aliphatic rings. The number of carboxylic acid groups (broad SMARTS) is 1. The van der Waals surface area contributed by atoms with Gasteiger partial charge in [-0.05, 0) is 24.5 Å². The van der Waals surface area contributed by atoms with Crippen LogP contribution in [0, 0.1) is 5.41 Å². The van der Waals surface area contributed by atoms with Gasteiger partial charge in [0, 0.05) is 5.56 Å². The van der Waals surface area contributed by atoms with Crippen LogP contribution in [0.25, 0.3) is 5.57 Å². The first kappa shape index (κ1) is 12.7. The Morgan fingerprint density at radius 3 is 2.56 bits per heavy atom. The Bertz CT molecular complexity index is 467. The summed E-state index contributed by atoms with van der Waals surface area (Å²) in [6.45, 7) is 0. The first-order valence-electron chi connectivity index (χ1n) is 5.38. The first-order chi connectivity index (χ1) is 8.37. The zero-order chi connectivity index (χ0) is 13.4. The molecule has 1 aromatic rings. The summed E-state index contributed by atoms with van der Waals surface area (Å²) in [6, 6.07) is 1.42. The van der Waals surface area contributed by atoms with Crippen molar-refractivity contribution in [1.82, 2.24) is 0 Å². The number of furan rings is 1. The highest BCUT2D eigenvalue weighted by molar-refractivity contribution is 5.78. The van der Waals surface area contributed by atoms with E-state index in [1.54, 1.807) is 0 Å². The van der Waals surface area contributed by atoms with Crippen molar-refractivity contribution in [2.45, 2.75) is 25.4 Å². The lowest BCUT2D eigenvalue weighted by Gasteiger charge is -2.22. The summed E-state index contributed by atoms with van der Waals surface area (Å²) >= 11 is 0. The molecule has 98 valence electrons. The van der Waals surface area contributed by atoms with E-state index in [9.17, 15) is 18.0 Å². The highest BCUT2D eigenvalue weighted by Gasteiger charge is 2.65. The van der Waals surface area contributed by atoms with E-state index in [0.29, 0.717) is 5.56 Å². The third-order valence-electron chi connectivity index (χ3n) is 3.12. The fourth-order valence-corrected chi connectivity index (χ4v) is 2.03. The second-order valence-electron chi connectivity index (χ2n) is 4.31. The van der Waals surface area contributed by atoms with Gasteiger partial charge in [0.1, 0.15) is 0 Å². The van der Waals surface area contributed by atoms with Crippen molar-refractivity contribution >= 4 is 11.5 Å². The van der Waals surface area contributed by atoms with E-state index in [0.717, 1.165) is 6.08 Å². The Balaban J connectivity index is 2.38. The molecule has 0 aliphatic heterocycles. The number of hydrogen-bond acceptors (Lipinski definition) is 2. The van der Waals surface area contributed by atoms with Crippen LogP contribution < -0.4 is 0 Å². The number of carbonyl (C=O) groups is 1. The van der Waals surface area contributed by atoms with E-state index >= 15 is 0 Å². The molecule has 0 radical (unpaired) electrons. The summed E-state index contributed by atoms with van der Waals surface area (Å²) in [5, 5.41) is 8.60. The summed E-state index contributed by atoms with van der Waals surface area (Å²) in [6.07, 6.45) is -1.20. The zero-order valence-corrected chi connectivity index (χ0v) is 9.33. The summed E-state index contributed by atoms with van der Waals surface area (Å²) in [5.74, 6) is -1.16. The van der Waals surface area contributed by atoms with Crippen LogP contribution in [0.1, 0.15) is 24.8 Å². The number of aliphatic carboxylic acids is 1. The van der Waals surface area contributed by atoms with E-state index < -0.39 is 24.0 Å². The van der Waals surface area contributed by atoms with Crippen molar-refractivity contribution in [2.75, 3.05) is 0 Å². The van der Waals surface area contributed by atoms with Crippen LogP contribution in [0.4, 0.5) is 13.2 Å². The molecule has 0 aromatic carbocycles. The molecule has 1 aliphatic carbocycles. The van der Waals surface area contributed by atoms with Gasteiger partial charge in [-0.3, -0.25) is 4.79 Å². The number of allylic oxidation sites excluding steroid dienone is 1. The van der Waals surface area contributed by atoms with Crippen LogP contribution in [0.15, 0.2) is 29.1 Å². The zero-order valence-electron chi connectivity index (χ0n) is 9.33. The van der Waals surface area contributed by atoms with Crippen LogP contribution in [0.5, 0.6) is 0 Å². The van der Waals surface area contributed by atoms with E-state index in [2.05, 4.69) is 0 Å². The maximum Gasteiger partial charge on any atom is 0.398 e. The predicted octanol–water partition coefficient (Wildman–Crippen LogP) is 3.48. The van der Waals surface area contributed by atoms with Gasteiger partial charge in [-0.1, -0.05) is 6.08 Å². The monoisotopic (exact) mass is 260 g/mol. The summed E-state index contributed by atoms with van der Waals surface area (Å²) in [4.78, 5) is 10.5. The largest absolute Gasteiger partial charge is 0.481 e. The van der Waals surface area contributed by atoms with Gasteiger partial charge in [-0.15, -0.1) is 0 Å². The SMILES string of the molecule is O=C(O)C/C=C(/c1ccoc1)C1(C(F)(F)F)CC1. The topological polar surface area (TPSA) is 50.4 Å². The second-order valence-corrected chi connectivity index (χ2v) is 4.31. The molecular weight excluding hydrogens is 249 g/mol. The van der Waals surface area contributed by atoms with Gasteiger partial charge in [-0.2, -0.15) is 13.2 Å².